The third kappa shape index (κ3) is 2.35. The molecule has 0 aliphatic rings. The smallest absolute Gasteiger partial charge is 0.365 e. The Morgan fingerprint density at radius 3 is 2.53 bits per heavy atom. The minimum Gasteiger partial charge on any atom is -0.365 e. The van der Waals surface area contributed by atoms with E-state index in [9.17, 15) is 26.7 Å². The number of hydrogen-bond donors (Lipinski definition) is 1. The number of primary amides is 1. The highest BCUT2D eigenvalue weighted by atomic mass is 19.4. The van der Waals surface area contributed by atoms with Crippen molar-refractivity contribution in [1.82, 2.24) is 9.78 Å². The molecule has 2 rings (SSSR count). The topological polar surface area (TPSA) is 60.9 Å². The maximum atomic E-state index is 13.8. The lowest BCUT2D eigenvalue weighted by molar-refractivity contribution is -0.141. The van der Waals surface area contributed by atoms with Crippen molar-refractivity contribution in [3.8, 4) is 0 Å². The molecular formula is C10H6F5N3O. The molecule has 0 radical (unpaired) electrons. The fraction of sp³-hybridized carbons (Fsp3) is 0.200. The van der Waals surface area contributed by atoms with Gasteiger partial charge in [0.2, 0.25) is 0 Å². The van der Waals surface area contributed by atoms with Crippen molar-refractivity contribution in [2.75, 3.05) is 0 Å². The van der Waals surface area contributed by atoms with Gasteiger partial charge >= 0.3 is 6.18 Å². The van der Waals surface area contributed by atoms with Crippen molar-refractivity contribution in [3.05, 3.63) is 29.5 Å². The molecule has 0 saturated carbocycles. The first-order valence-corrected chi connectivity index (χ1v) is 4.91. The van der Waals surface area contributed by atoms with E-state index in [1.165, 1.54) is 0 Å². The molecule has 0 saturated heterocycles. The molecular weight excluding hydrogens is 273 g/mol. The first-order chi connectivity index (χ1) is 8.70. The summed E-state index contributed by atoms with van der Waals surface area (Å²) in [4.78, 5) is 10.9. The molecule has 0 unspecified atom stereocenters. The monoisotopic (exact) mass is 279 g/mol. The van der Waals surface area contributed by atoms with Crippen LogP contribution in [0.1, 0.15) is 10.4 Å². The minimum atomic E-state index is -4.59. The molecule has 0 aliphatic carbocycles. The normalized spacial score (nSPS) is 12.1. The third-order valence-electron chi connectivity index (χ3n) is 2.41. The van der Waals surface area contributed by atoms with E-state index in [1.807, 2.05) is 0 Å². The molecule has 2 aromatic rings. The van der Waals surface area contributed by atoms with Crippen molar-refractivity contribution < 1.29 is 26.7 Å². The van der Waals surface area contributed by atoms with Crippen molar-refractivity contribution in [2.45, 2.75) is 12.7 Å². The third-order valence-corrected chi connectivity index (χ3v) is 2.41. The highest BCUT2D eigenvalue weighted by Gasteiger charge is 2.30. The Kier molecular flexibility index (Phi) is 2.91. The highest BCUT2D eigenvalue weighted by Crippen LogP contribution is 2.26. The first kappa shape index (κ1) is 13.2. The molecule has 1 aromatic heterocycles. The number of alkyl halides is 3. The summed E-state index contributed by atoms with van der Waals surface area (Å²) in [5.74, 6) is -4.00. The fourth-order valence-corrected chi connectivity index (χ4v) is 1.67. The number of amides is 1. The predicted octanol–water partition coefficient (Wildman–Crippen LogP) is 1.98. The first-order valence-electron chi connectivity index (χ1n) is 4.91. The molecule has 0 fully saturated rings. The predicted molar refractivity (Wildman–Crippen MR) is 54.2 cm³/mol. The van der Waals surface area contributed by atoms with E-state index in [-0.39, 0.29) is 0 Å². The zero-order chi connectivity index (χ0) is 14.4. The molecule has 1 aromatic carbocycles. The van der Waals surface area contributed by atoms with Crippen LogP contribution in [0.2, 0.25) is 0 Å². The van der Waals surface area contributed by atoms with E-state index in [2.05, 4.69) is 5.10 Å². The SMILES string of the molecule is NC(=O)c1c(F)cc2c(cnn2CC(F)(F)F)c1F. The van der Waals surface area contributed by atoms with Crippen LogP contribution in [0.5, 0.6) is 0 Å². The number of hydrogen-bond acceptors (Lipinski definition) is 2. The summed E-state index contributed by atoms with van der Waals surface area (Å²) in [5, 5.41) is 2.92. The van der Waals surface area contributed by atoms with Crippen molar-refractivity contribution >= 4 is 16.8 Å². The van der Waals surface area contributed by atoms with Crippen LogP contribution in [0.25, 0.3) is 10.9 Å². The molecule has 0 spiro atoms. The van der Waals surface area contributed by atoms with Gasteiger partial charge in [-0.15, -0.1) is 0 Å². The van der Waals surface area contributed by atoms with Crippen LogP contribution in [0, 0.1) is 11.6 Å². The average molecular weight is 279 g/mol. The summed E-state index contributed by atoms with van der Waals surface area (Å²) in [6.45, 7) is -1.49. The van der Waals surface area contributed by atoms with E-state index in [0.717, 1.165) is 6.20 Å². The zero-order valence-corrected chi connectivity index (χ0v) is 9.13. The molecule has 0 aliphatic heterocycles. The molecule has 4 nitrogen and oxygen atoms in total. The fourth-order valence-electron chi connectivity index (χ4n) is 1.67. The summed E-state index contributed by atoms with van der Waals surface area (Å²) in [5.41, 5.74) is 3.38. The van der Waals surface area contributed by atoms with Gasteiger partial charge in [0.25, 0.3) is 5.91 Å². The molecule has 9 heteroatoms. The Morgan fingerprint density at radius 2 is 2.00 bits per heavy atom. The Bertz CT molecular complexity index is 661. The maximum absolute atomic E-state index is 13.8. The van der Waals surface area contributed by atoms with E-state index >= 15 is 0 Å². The Balaban J connectivity index is 2.66. The number of fused-ring (bicyclic) bond motifs is 1. The maximum Gasteiger partial charge on any atom is 0.408 e. The van der Waals surface area contributed by atoms with Crippen LogP contribution in [0.3, 0.4) is 0 Å². The van der Waals surface area contributed by atoms with Gasteiger partial charge in [0, 0.05) is 6.07 Å². The number of nitrogens with two attached hydrogens (primary N) is 1. The standard InChI is InChI=1S/C10H6F5N3O/c11-5-1-6-4(8(12)7(5)9(16)19)2-17-18(6)3-10(13,14)15/h1-2H,3H2,(H2,16,19). The van der Waals surface area contributed by atoms with E-state index < -0.39 is 46.7 Å². The minimum absolute atomic E-state index is 0.395. The second-order valence-electron chi connectivity index (χ2n) is 3.76. The lowest BCUT2D eigenvalue weighted by Crippen LogP contribution is -2.19. The number of carbonyl (C=O) groups is 1. The second kappa shape index (κ2) is 4.18. The molecule has 0 bridgehead atoms. The molecule has 1 heterocycles. The Hall–Kier alpha value is -2.19. The van der Waals surface area contributed by atoms with Crippen LogP contribution in [-0.4, -0.2) is 21.9 Å². The van der Waals surface area contributed by atoms with Gasteiger partial charge in [-0.1, -0.05) is 0 Å². The van der Waals surface area contributed by atoms with Gasteiger partial charge in [-0.2, -0.15) is 18.3 Å². The van der Waals surface area contributed by atoms with E-state index in [0.29, 0.717) is 10.7 Å². The van der Waals surface area contributed by atoms with Gasteiger partial charge in [-0.05, 0) is 0 Å². The summed E-state index contributed by atoms with van der Waals surface area (Å²) < 4.78 is 64.3. The van der Waals surface area contributed by atoms with Crippen molar-refractivity contribution in [3.63, 3.8) is 0 Å². The number of carbonyl (C=O) groups excluding carboxylic acids is 1. The second-order valence-corrected chi connectivity index (χ2v) is 3.76. The van der Waals surface area contributed by atoms with Crippen LogP contribution in [0.15, 0.2) is 12.3 Å². The Labute approximate surface area is 102 Å². The van der Waals surface area contributed by atoms with Gasteiger partial charge in [0.15, 0.2) is 0 Å². The van der Waals surface area contributed by atoms with Gasteiger partial charge < -0.3 is 5.73 Å². The molecule has 2 N–H and O–H groups in total. The van der Waals surface area contributed by atoms with Gasteiger partial charge in [0.1, 0.15) is 23.7 Å². The van der Waals surface area contributed by atoms with Gasteiger partial charge in [-0.3, -0.25) is 9.48 Å². The van der Waals surface area contributed by atoms with Crippen molar-refractivity contribution in [2.24, 2.45) is 5.73 Å². The van der Waals surface area contributed by atoms with Gasteiger partial charge in [0.05, 0.1) is 17.1 Å². The summed E-state index contributed by atoms with van der Waals surface area (Å²) in [7, 11) is 0. The van der Waals surface area contributed by atoms with Crippen LogP contribution in [0.4, 0.5) is 22.0 Å². The summed E-state index contributed by atoms with van der Waals surface area (Å²) in [6.07, 6.45) is -3.81. The molecule has 1 amide bonds. The van der Waals surface area contributed by atoms with Gasteiger partial charge in [-0.25, -0.2) is 8.78 Å². The lowest BCUT2D eigenvalue weighted by Gasteiger charge is -2.08. The quantitative estimate of drug-likeness (QED) is 0.854. The average Bonchev–Trinajstić information content (AvgIpc) is 2.58. The zero-order valence-electron chi connectivity index (χ0n) is 9.13. The number of halogens is 5. The number of rotatable bonds is 2. The van der Waals surface area contributed by atoms with E-state index in [4.69, 9.17) is 5.73 Å². The molecule has 0 atom stereocenters. The van der Waals surface area contributed by atoms with Crippen LogP contribution >= 0.6 is 0 Å². The largest absolute Gasteiger partial charge is 0.408 e. The number of benzene rings is 1. The molecule has 19 heavy (non-hydrogen) atoms. The lowest BCUT2D eigenvalue weighted by atomic mass is 10.1. The summed E-state index contributed by atoms with van der Waals surface area (Å²) in [6, 6.07) is 0.594. The number of nitrogens with zero attached hydrogens (tertiary/aromatic N) is 2. The molecule has 102 valence electrons. The number of aromatic nitrogens is 2. The summed E-state index contributed by atoms with van der Waals surface area (Å²) >= 11 is 0. The van der Waals surface area contributed by atoms with Crippen LogP contribution in [-0.2, 0) is 6.54 Å². The Morgan fingerprint density at radius 1 is 1.37 bits per heavy atom. The highest BCUT2D eigenvalue weighted by molar-refractivity contribution is 5.97. The van der Waals surface area contributed by atoms with Crippen molar-refractivity contribution in [1.29, 1.82) is 0 Å². The van der Waals surface area contributed by atoms with E-state index in [1.54, 1.807) is 0 Å². The van der Waals surface area contributed by atoms with Crippen LogP contribution < -0.4 is 5.73 Å².